The number of benzene rings is 1. The average molecular weight is 366 g/mol. The molecule has 6 nitrogen and oxygen atoms in total. The van der Waals surface area contributed by atoms with E-state index in [2.05, 4.69) is 22.4 Å². The van der Waals surface area contributed by atoms with Gasteiger partial charge in [0.1, 0.15) is 5.69 Å². The number of hydrogen-bond acceptors (Lipinski definition) is 4. The Bertz CT molecular complexity index is 954. The number of hydrogen-bond donors (Lipinski definition) is 1. The highest BCUT2D eigenvalue weighted by atomic mass is 32.1. The summed E-state index contributed by atoms with van der Waals surface area (Å²) < 4.78 is 1.83. The van der Waals surface area contributed by atoms with Gasteiger partial charge >= 0.3 is 0 Å². The van der Waals surface area contributed by atoms with E-state index in [1.54, 1.807) is 6.20 Å². The fourth-order valence-corrected chi connectivity index (χ4v) is 4.73. The number of thiazole rings is 1. The van der Waals surface area contributed by atoms with Crippen molar-refractivity contribution in [2.45, 2.75) is 31.3 Å². The van der Waals surface area contributed by atoms with Crippen LogP contribution in [0.1, 0.15) is 28.0 Å². The van der Waals surface area contributed by atoms with Gasteiger partial charge in [0, 0.05) is 36.8 Å². The minimum absolute atomic E-state index is 0.124. The molecule has 0 saturated carbocycles. The van der Waals surface area contributed by atoms with Crippen molar-refractivity contribution >= 4 is 28.1 Å². The van der Waals surface area contributed by atoms with E-state index >= 15 is 0 Å². The first-order valence-corrected chi connectivity index (χ1v) is 9.64. The van der Waals surface area contributed by atoms with Gasteiger partial charge in [0.15, 0.2) is 4.96 Å². The first-order valence-electron chi connectivity index (χ1n) is 8.77. The second-order valence-corrected chi connectivity index (χ2v) is 7.84. The molecule has 1 aliphatic heterocycles. The quantitative estimate of drug-likeness (QED) is 0.770. The number of likely N-dealkylation sites (tertiary alicyclic amines) is 1. The molecule has 3 heterocycles. The lowest BCUT2D eigenvalue weighted by atomic mass is 10.1. The second-order valence-electron chi connectivity index (χ2n) is 6.97. The number of nitrogens with one attached hydrogen (secondary N) is 1. The van der Waals surface area contributed by atoms with Crippen molar-refractivity contribution in [3.63, 3.8) is 0 Å². The maximum atomic E-state index is 12.5. The Morgan fingerprint density at radius 3 is 2.69 bits per heavy atom. The monoisotopic (exact) mass is 366 g/mol. The zero-order chi connectivity index (χ0) is 17.7. The van der Waals surface area contributed by atoms with Gasteiger partial charge in [-0.3, -0.25) is 14.0 Å². The predicted octanol–water partition coefficient (Wildman–Crippen LogP) is 1.89. The molecule has 0 unspecified atom stereocenters. The summed E-state index contributed by atoms with van der Waals surface area (Å²) in [4.78, 5) is 32.0. The van der Waals surface area contributed by atoms with Crippen LogP contribution in [0.25, 0.3) is 4.96 Å². The molecule has 0 radical (unpaired) electrons. The van der Waals surface area contributed by atoms with E-state index in [4.69, 9.17) is 0 Å². The van der Waals surface area contributed by atoms with Crippen LogP contribution in [0.4, 0.5) is 0 Å². The highest BCUT2D eigenvalue weighted by Gasteiger charge is 2.37. The third-order valence-electron chi connectivity index (χ3n) is 5.29. The minimum Gasteiger partial charge on any atom is -0.346 e. The molecule has 132 valence electrons. The van der Waals surface area contributed by atoms with E-state index in [1.807, 2.05) is 33.0 Å². The van der Waals surface area contributed by atoms with E-state index in [0.29, 0.717) is 18.7 Å². The third-order valence-corrected chi connectivity index (χ3v) is 6.06. The van der Waals surface area contributed by atoms with Crippen molar-refractivity contribution < 1.29 is 9.59 Å². The summed E-state index contributed by atoms with van der Waals surface area (Å²) in [5.74, 6) is -0.0887. The average Bonchev–Trinajstić information content (AvgIpc) is 3.36. The van der Waals surface area contributed by atoms with Gasteiger partial charge in [-0.25, -0.2) is 4.98 Å². The largest absolute Gasteiger partial charge is 0.346 e. The van der Waals surface area contributed by atoms with Crippen LogP contribution in [-0.2, 0) is 17.6 Å². The molecular formula is C19H18N4O2S. The lowest BCUT2D eigenvalue weighted by Gasteiger charge is -2.24. The SMILES string of the molecule is O=C(N[C@H]1CC(=O)N(C2Cc3ccccc3C2)C1)c1cn2ccsc2n1. The van der Waals surface area contributed by atoms with Crippen molar-refractivity contribution in [2.75, 3.05) is 6.54 Å². The van der Waals surface area contributed by atoms with Gasteiger partial charge in [-0.15, -0.1) is 11.3 Å². The van der Waals surface area contributed by atoms with Crippen LogP contribution in [0.15, 0.2) is 42.0 Å². The summed E-state index contributed by atoms with van der Waals surface area (Å²) in [5.41, 5.74) is 3.06. The second kappa shape index (κ2) is 5.95. The van der Waals surface area contributed by atoms with Gasteiger partial charge in [0.25, 0.3) is 5.91 Å². The molecule has 1 atom stereocenters. The van der Waals surface area contributed by atoms with Crippen LogP contribution in [0.2, 0.25) is 0 Å². The van der Waals surface area contributed by atoms with Gasteiger partial charge in [0.05, 0.1) is 6.04 Å². The van der Waals surface area contributed by atoms with E-state index in [9.17, 15) is 9.59 Å². The number of amides is 2. The summed E-state index contributed by atoms with van der Waals surface area (Å²) in [6.07, 6.45) is 5.77. The molecule has 2 aromatic heterocycles. The number of carbonyl (C=O) groups is 2. The number of imidazole rings is 1. The maximum Gasteiger partial charge on any atom is 0.271 e. The molecule has 7 heteroatoms. The van der Waals surface area contributed by atoms with Gasteiger partial charge in [-0.05, 0) is 24.0 Å². The molecule has 2 amide bonds. The number of aromatic nitrogens is 2. The number of carbonyl (C=O) groups excluding carboxylic acids is 2. The summed E-state index contributed by atoms with van der Waals surface area (Å²) in [6, 6.07) is 8.43. The van der Waals surface area contributed by atoms with Crippen molar-refractivity contribution in [1.29, 1.82) is 0 Å². The van der Waals surface area contributed by atoms with Crippen molar-refractivity contribution in [1.82, 2.24) is 19.6 Å². The summed E-state index contributed by atoms with van der Waals surface area (Å²) in [6.45, 7) is 0.575. The molecular weight excluding hydrogens is 348 g/mol. The van der Waals surface area contributed by atoms with Gasteiger partial charge in [0.2, 0.25) is 5.91 Å². The number of fused-ring (bicyclic) bond motifs is 2. The van der Waals surface area contributed by atoms with Gasteiger partial charge in [-0.2, -0.15) is 0 Å². The summed E-state index contributed by atoms with van der Waals surface area (Å²) in [5, 5.41) is 4.91. The molecule has 5 rings (SSSR count). The molecule has 1 aliphatic carbocycles. The maximum absolute atomic E-state index is 12.5. The normalized spacial score (nSPS) is 20.1. The summed E-state index contributed by atoms with van der Waals surface area (Å²) in [7, 11) is 0. The lowest BCUT2D eigenvalue weighted by Crippen LogP contribution is -2.41. The van der Waals surface area contributed by atoms with Crippen molar-refractivity contribution in [3.05, 3.63) is 58.9 Å². The standard InChI is InChI=1S/C19H18N4O2S/c24-17-9-14(20-18(25)16-11-22-5-6-26-19(22)21-16)10-23(17)15-7-12-3-1-2-4-13(12)8-15/h1-6,11,14-15H,7-10H2,(H,20,25)/t14-/m0/s1. The fraction of sp³-hybridized carbons (Fsp3) is 0.316. The fourth-order valence-electron chi connectivity index (χ4n) is 4.03. The molecule has 1 N–H and O–H groups in total. The molecule has 26 heavy (non-hydrogen) atoms. The van der Waals surface area contributed by atoms with E-state index < -0.39 is 0 Å². The van der Waals surface area contributed by atoms with E-state index in [1.165, 1.54) is 22.5 Å². The summed E-state index contributed by atoms with van der Waals surface area (Å²) >= 11 is 1.49. The molecule has 3 aromatic rings. The molecule has 1 fully saturated rings. The van der Waals surface area contributed by atoms with Crippen LogP contribution < -0.4 is 5.32 Å². The molecule has 1 aromatic carbocycles. The Morgan fingerprint density at radius 2 is 1.96 bits per heavy atom. The van der Waals surface area contributed by atoms with Crippen molar-refractivity contribution in [2.24, 2.45) is 0 Å². The molecule has 0 bridgehead atoms. The van der Waals surface area contributed by atoms with Crippen molar-refractivity contribution in [3.8, 4) is 0 Å². The zero-order valence-corrected chi connectivity index (χ0v) is 14.9. The van der Waals surface area contributed by atoms with Crippen LogP contribution >= 0.6 is 11.3 Å². The Morgan fingerprint density at radius 1 is 1.19 bits per heavy atom. The van der Waals surface area contributed by atoms with Gasteiger partial charge < -0.3 is 10.2 Å². The van der Waals surface area contributed by atoms with Crippen LogP contribution in [0, 0.1) is 0 Å². The first-order chi connectivity index (χ1) is 12.7. The van der Waals surface area contributed by atoms with Crippen LogP contribution in [0.5, 0.6) is 0 Å². The smallest absolute Gasteiger partial charge is 0.271 e. The Hall–Kier alpha value is -2.67. The third kappa shape index (κ3) is 2.59. The highest BCUT2D eigenvalue weighted by Crippen LogP contribution is 2.28. The number of rotatable bonds is 3. The highest BCUT2D eigenvalue weighted by molar-refractivity contribution is 7.15. The molecule has 1 saturated heterocycles. The van der Waals surface area contributed by atoms with Crippen LogP contribution in [0.3, 0.4) is 0 Å². The van der Waals surface area contributed by atoms with Gasteiger partial charge in [-0.1, -0.05) is 24.3 Å². The Balaban J connectivity index is 1.25. The van der Waals surface area contributed by atoms with Crippen LogP contribution in [-0.4, -0.2) is 44.7 Å². The minimum atomic E-state index is -0.213. The Labute approximate surface area is 154 Å². The molecule has 2 aliphatic rings. The zero-order valence-electron chi connectivity index (χ0n) is 14.1. The number of nitrogens with zero attached hydrogens (tertiary/aromatic N) is 3. The topological polar surface area (TPSA) is 66.7 Å². The van der Waals surface area contributed by atoms with E-state index in [0.717, 1.165) is 17.8 Å². The Kier molecular flexibility index (Phi) is 3.56. The molecule has 0 spiro atoms. The lowest BCUT2D eigenvalue weighted by molar-refractivity contribution is -0.129. The predicted molar refractivity (Wildman–Crippen MR) is 98.3 cm³/mol. The van der Waals surface area contributed by atoms with E-state index in [-0.39, 0.29) is 23.9 Å². The first kappa shape index (κ1) is 15.6.